The first-order valence-corrected chi connectivity index (χ1v) is 5.98. The average molecular weight is 259 g/mol. The fourth-order valence-corrected chi connectivity index (χ4v) is 2.24. The molecule has 0 amide bonds. The molecule has 1 N–H and O–H groups in total. The molecule has 0 saturated heterocycles. The zero-order valence-corrected chi connectivity index (χ0v) is 10.1. The van der Waals surface area contributed by atoms with Gasteiger partial charge in [0.2, 0.25) is 0 Å². The molecule has 2 aromatic rings. The van der Waals surface area contributed by atoms with E-state index in [4.69, 9.17) is 5.26 Å². The van der Waals surface area contributed by atoms with Gasteiger partial charge in [0.05, 0.1) is 4.92 Å². The Kier molecular flexibility index (Phi) is 3.55. The van der Waals surface area contributed by atoms with Crippen LogP contribution in [0.4, 0.5) is 11.4 Å². The number of nitro groups is 1. The predicted molar refractivity (Wildman–Crippen MR) is 69.5 cm³/mol. The van der Waals surface area contributed by atoms with E-state index in [1.807, 2.05) is 6.07 Å². The monoisotopic (exact) mass is 259 g/mol. The number of nitro benzene ring substituents is 1. The molecule has 0 fully saturated rings. The molecule has 6 heteroatoms. The van der Waals surface area contributed by atoms with Crippen LogP contribution in [0.15, 0.2) is 36.4 Å². The molecule has 90 valence electrons. The maximum Gasteiger partial charge on any atom is 0.292 e. The number of nitrogens with one attached hydrogen (secondary N) is 1. The van der Waals surface area contributed by atoms with Gasteiger partial charge in [-0.15, -0.1) is 11.3 Å². The summed E-state index contributed by atoms with van der Waals surface area (Å²) in [7, 11) is 0. The number of anilines is 1. The lowest BCUT2D eigenvalue weighted by atomic mass is 10.2. The van der Waals surface area contributed by atoms with E-state index in [0.717, 1.165) is 4.88 Å². The van der Waals surface area contributed by atoms with E-state index in [0.29, 0.717) is 17.1 Å². The SMILES string of the molecule is N#Cc1ccc(CNc2ccccc2[N+](=O)[O-])s1. The Labute approximate surface area is 107 Å². The fraction of sp³-hybridized carbons (Fsp3) is 0.0833. The van der Waals surface area contributed by atoms with E-state index < -0.39 is 4.92 Å². The van der Waals surface area contributed by atoms with Crippen molar-refractivity contribution in [1.29, 1.82) is 5.26 Å². The minimum absolute atomic E-state index is 0.0505. The lowest BCUT2D eigenvalue weighted by molar-refractivity contribution is -0.384. The highest BCUT2D eigenvalue weighted by Crippen LogP contribution is 2.24. The molecule has 18 heavy (non-hydrogen) atoms. The number of hydrogen-bond acceptors (Lipinski definition) is 5. The third kappa shape index (κ3) is 2.64. The summed E-state index contributed by atoms with van der Waals surface area (Å²) in [5.41, 5.74) is 0.531. The van der Waals surface area contributed by atoms with E-state index in [2.05, 4.69) is 11.4 Å². The van der Waals surface area contributed by atoms with Gasteiger partial charge >= 0.3 is 0 Å². The maximum atomic E-state index is 10.8. The Morgan fingerprint density at radius 2 is 2.11 bits per heavy atom. The molecular formula is C12H9N3O2S. The van der Waals surface area contributed by atoms with Crippen LogP contribution in [0.5, 0.6) is 0 Å². The highest BCUT2D eigenvalue weighted by molar-refractivity contribution is 7.12. The highest BCUT2D eigenvalue weighted by atomic mass is 32.1. The highest BCUT2D eigenvalue weighted by Gasteiger charge is 2.11. The molecule has 0 radical (unpaired) electrons. The van der Waals surface area contributed by atoms with Gasteiger partial charge in [0, 0.05) is 17.5 Å². The van der Waals surface area contributed by atoms with Crippen molar-refractivity contribution < 1.29 is 4.92 Å². The minimum atomic E-state index is -0.419. The average Bonchev–Trinajstić information content (AvgIpc) is 2.84. The van der Waals surface area contributed by atoms with Crippen LogP contribution in [0.1, 0.15) is 9.75 Å². The molecule has 1 heterocycles. The first-order valence-electron chi connectivity index (χ1n) is 5.17. The van der Waals surface area contributed by atoms with Gasteiger partial charge in [-0.3, -0.25) is 10.1 Å². The Hall–Kier alpha value is -2.39. The van der Waals surface area contributed by atoms with Crippen LogP contribution in [0.3, 0.4) is 0 Å². The summed E-state index contributed by atoms with van der Waals surface area (Å²) in [4.78, 5) is 12.0. The smallest absolute Gasteiger partial charge is 0.292 e. The van der Waals surface area contributed by atoms with Crippen LogP contribution in [0.2, 0.25) is 0 Å². The van der Waals surface area contributed by atoms with Gasteiger partial charge in [-0.2, -0.15) is 5.26 Å². The van der Waals surface area contributed by atoms with Crippen LogP contribution in [-0.2, 0) is 6.54 Å². The van der Waals surface area contributed by atoms with Gasteiger partial charge in [-0.05, 0) is 18.2 Å². The van der Waals surface area contributed by atoms with Crippen molar-refractivity contribution in [2.75, 3.05) is 5.32 Å². The Morgan fingerprint density at radius 3 is 2.78 bits per heavy atom. The molecule has 1 aromatic carbocycles. The number of nitrogens with zero attached hydrogens (tertiary/aromatic N) is 2. The van der Waals surface area contributed by atoms with Crippen molar-refractivity contribution in [3.05, 3.63) is 56.3 Å². The topological polar surface area (TPSA) is 79.0 Å². The van der Waals surface area contributed by atoms with Crippen LogP contribution >= 0.6 is 11.3 Å². The lowest BCUT2D eigenvalue weighted by Crippen LogP contribution is -2.00. The summed E-state index contributed by atoms with van der Waals surface area (Å²) in [5.74, 6) is 0. The van der Waals surface area contributed by atoms with Crippen LogP contribution in [-0.4, -0.2) is 4.92 Å². The standard InChI is InChI=1S/C12H9N3O2S/c13-7-9-5-6-10(18-9)8-14-11-3-1-2-4-12(11)15(16)17/h1-6,14H,8H2. The van der Waals surface area contributed by atoms with E-state index >= 15 is 0 Å². The molecule has 2 rings (SSSR count). The van der Waals surface area contributed by atoms with Crippen molar-refractivity contribution >= 4 is 22.7 Å². The number of hydrogen-bond donors (Lipinski definition) is 1. The predicted octanol–water partition coefficient (Wildman–Crippen LogP) is 3.14. The molecule has 5 nitrogen and oxygen atoms in total. The summed E-state index contributed by atoms with van der Waals surface area (Å²) in [6, 6.07) is 12.1. The van der Waals surface area contributed by atoms with Crippen LogP contribution < -0.4 is 5.32 Å². The van der Waals surface area contributed by atoms with Crippen molar-refractivity contribution in [2.45, 2.75) is 6.54 Å². The van der Waals surface area contributed by atoms with Crippen LogP contribution in [0, 0.1) is 21.4 Å². The second-order valence-corrected chi connectivity index (χ2v) is 4.67. The van der Waals surface area contributed by atoms with Gasteiger partial charge in [0.15, 0.2) is 0 Å². The number of thiophene rings is 1. The Balaban J connectivity index is 2.11. The molecule has 0 aliphatic carbocycles. The largest absolute Gasteiger partial charge is 0.375 e. The molecule has 0 bridgehead atoms. The third-order valence-electron chi connectivity index (χ3n) is 2.33. The Morgan fingerprint density at radius 1 is 1.33 bits per heavy atom. The van der Waals surface area contributed by atoms with Gasteiger partial charge in [0.25, 0.3) is 5.69 Å². The summed E-state index contributed by atoms with van der Waals surface area (Å²) in [5, 5.41) is 22.5. The second kappa shape index (κ2) is 5.29. The lowest BCUT2D eigenvalue weighted by Gasteiger charge is -2.04. The fourth-order valence-electron chi connectivity index (χ4n) is 1.50. The normalized spacial score (nSPS) is 9.72. The van der Waals surface area contributed by atoms with Crippen molar-refractivity contribution in [2.24, 2.45) is 0 Å². The molecule has 0 aliphatic heterocycles. The van der Waals surface area contributed by atoms with E-state index in [-0.39, 0.29) is 5.69 Å². The van der Waals surface area contributed by atoms with Gasteiger partial charge in [0.1, 0.15) is 16.6 Å². The van der Waals surface area contributed by atoms with E-state index in [9.17, 15) is 10.1 Å². The zero-order valence-electron chi connectivity index (χ0n) is 9.29. The van der Waals surface area contributed by atoms with Crippen molar-refractivity contribution in [1.82, 2.24) is 0 Å². The minimum Gasteiger partial charge on any atom is -0.375 e. The Bertz CT molecular complexity index is 616. The molecular weight excluding hydrogens is 250 g/mol. The van der Waals surface area contributed by atoms with E-state index in [1.165, 1.54) is 17.4 Å². The third-order valence-corrected chi connectivity index (χ3v) is 3.32. The number of rotatable bonds is 4. The maximum absolute atomic E-state index is 10.8. The quantitative estimate of drug-likeness (QED) is 0.675. The molecule has 0 unspecified atom stereocenters. The summed E-state index contributed by atoms with van der Waals surface area (Å²) in [6.07, 6.45) is 0. The van der Waals surface area contributed by atoms with Gasteiger partial charge < -0.3 is 5.32 Å². The van der Waals surface area contributed by atoms with Crippen molar-refractivity contribution in [3.63, 3.8) is 0 Å². The van der Waals surface area contributed by atoms with Crippen LogP contribution in [0.25, 0.3) is 0 Å². The van der Waals surface area contributed by atoms with Gasteiger partial charge in [-0.1, -0.05) is 12.1 Å². The number of benzene rings is 1. The molecule has 0 spiro atoms. The first kappa shape index (κ1) is 12.1. The summed E-state index contributed by atoms with van der Waals surface area (Å²) < 4.78 is 0. The van der Waals surface area contributed by atoms with E-state index in [1.54, 1.807) is 24.3 Å². The summed E-state index contributed by atoms with van der Waals surface area (Å²) in [6.45, 7) is 0.469. The zero-order chi connectivity index (χ0) is 13.0. The number of nitriles is 1. The second-order valence-electron chi connectivity index (χ2n) is 3.51. The molecule has 0 aliphatic rings. The summed E-state index contributed by atoms with van der Waals surface area (Å²) >= 11 is 1.37. The number of para-hydroxylation sites is 2. The molecule has 1 aromatic heterocycles. The first-order chi connectivity index (χ1) is 8.70. The van der Waals surface area contributed by atoms with Gasteiger partial charge in [-0.25, -0.2) is 0 Å². The van der Waals surface area contributed by atoms with Crippen molar-refractivity contribution in [3.8, 4) is 6.07 Å². The molecule has 0 atom stereocenters. The molecule has 0 saturated carbocycles.